The SMILES string of the molecule is CCC(C)(C)C(CCCCCCCC(=O)O)(CCCCCCCC(=O)O)CCCCCCCC(=O)O. The first-order valence-corrected chi connectivity index (χ1v) is 14.7. The van der Waals surface area contributed by atoms with Crippen molar-refractivity contribution in [3.8, 4) is 0 Å². The number of rotatable bonds is 26. The van der Waals surface area contributed by atoms with Crippen molar-refractivity contribution in [2.75, 3.05) is 0 Å². The summed E-state index contributed by atoms with van der Waals surface area (Å²) >= 11 is 0. The van der Waals surface area contributed by atoms with Gasteiger partial charge in [0.25, 0.3) is 0 Å². The van der Waals surface area contributed by atoms with Crippen LogP contribution in [0, 0.1) is 10.8 Å². The second-order valence-corrected chi connectivity index (χ2v) is 11.5. The molecule has 6 nitrogen and oxygen atoms in total. The Bertz CT molecular complexity index is 529. The molecule has 0 aliphatic rings. The maximum atomic E-state index is 10.7. The van der Waals surface area contributed by atoms with Crippen LogP contribution in [-0.2, 0) is 14.4 Å². The Morgan fingerprint density at radius 2 is 0.722 bits per heavy atom. The fraction of sp³-hybridized carbons (Fsp3) is 0.900. The van der Waals surface area contributed by atoms with Gasteiger partial charge in [-0.3, -0.25) is 14.4 Å². The summed E-state index contributed by atoms with van der Waals surface area (Å²) in [6.07, 6.45) is 21.2. The van der Waals surface area contributed by atoms with Crippen LogP contribution in [0.2, 0.25) is 0 Å². The van der Waals surface area contributed by atoms with Gasteiger partial charge in [-0.1, -0.05) is 104 Å². The summed E-state index contributed by atoms with van der Waals surface area (Å²) in [6.45, 7) is 7.16. The molecule has 0 aromatic heterocycles. The Hall–Kier alpha value is -1.59. The molecule has 36 heavy (non-hydrogen) atoms. The predicted octanol–water partition coefficient (Wildman–Crippen LogP) is 8.85. The topological polar surface area (TPSA) is 112 Å². The summed E-state index contributed by atoms with van der Waals surface area (Å²) in [4.78, 5) is 32.2. The van der Waals surface area contributed by atoms with E-state index in [1.54, 1.807) is 0 Å². The minimum Gasteiger partial charge on any atom is -0.481 e. The highest BCUT2D eigenvalue weighted by atomic mass is 16.4. The molecule has 0 spiro atoms. The van der Waals surface area contributed by atoms with Gasteiger partial charge in [-0.15, -0.1) is 0 Å². The summed E-state index contributed by atoms with van der Waals surface area (Å²) < 4.78 is 0. The van der Waals surface area contributed by atoms with Crippen LogP contribution in [0.15, 0.2) is 0 Å². The van der Waals surface area contributed by atoms with Gasteiger partial charge in [0.1, 0.15) is 0 Å². The maximum absolute atomic E-state index is 10.7. The lowest BCUT2D eigenvalue weighted by molar-refractivity contribution is -0.138. The number of carboxylic acids is 3. The van der Waals surface area contributed by atoms with Gasteiger partial charge in [-0.2, -0.15) is 0 Å². The van der Waals surface area contributed by atoms with E-state index in [1.165, 1.54) is 38.5 Å². The number of carboxylic acid groups (broad SMARTS) is 3. The first-order chi connectivity index (χ1) is 17.1. The third kappa shape index (κ3) is 17.0. The Kier molecular flexibility index (Phi) is 19.6. The predicted molar refractivity (Wildman–Crippen MR) is 146 cm³/mol. The van der Waals surface area contributed by atoms with Crippen LogP contribution >= 0.6 is 0 Å². The van der Waals surface area contributed by atoms with Crippen molar-refractivity contribution in [1.82, 2.24) is 0 Å². The van der Waals surface area contributed by atoms with Crippen LogP contribution in [0.25, 0.3) is 0 Å². The smallest absolute Gasteiger partial charge is 0.303 e. The molecule has 6 heteroatoms. The minimum atomic E-state index is -0.704. The van der Waals surface area contributed by atoms with Crippen LogP contribution in [0.5, 0.6) is 0 Å². The summed E-state index contributed by atoms with van der Waals surface area (Å²) in [7, 11) is 0. The molecule has 0 radical (unpaired) electrons. The first kappa shape index (κ1) is 34.4. The lowest BCUT2D eigenvalue weighted by Gasteiger charge is -2.48. The average Bonchev–Trinajstić information content (AvgIpc) is 2.80. The van der Waals surface area contributed by atoms with Crippen molar-refractivity contribution in [3.05, 3.63) is 0 Å². The molecule has 0 bridgehead atoms. The zero-order valence-electron chi connectivity index (χ0n) is 23.6. The number of unbranched alkanes of at least 4 members (excludes halogenated alkanes) is 12. The highest BCUT2D eigenvalue weighted by molar-refractivity contribution is 5.67. The standard InChI is InChI=1S/C30H56O6/c1-4-29(2,3)30(23-17-11-5-8-14-20-26(31)32,24-18-12-6-9-15-21-27(33)34)25-19-13-7-10-16-22-28(35)36/h4-25H2,1-3H3,(H,31,32)(H,33,34)(H,35,36). The second-order valence-electron chi connectivity index (χ2n) is 11.5. The summed E-state index contributed by atoms with van der Waals surface area (Å²) in [5, 5.41) is 26.5. The fourth-order valence-corrected chi connectivity index (χ4v) is 5.57. The lowest BCUT2D eigenvalue weighted by Crippen LogP contribution is -2.38. The van der Waals surface area contributed by atoms with E-state index in [2.05, 4.69) is 20.8 Å². The van der Waals surface area contributed by atoms with Gasteiger partial charge in [0, 0.05) is 19.3 Å². The van der Waals surface area contributed by atoms with Gasteiger partial charge in [0.2, 0.25) is 0 Å². The molecule has 0 rings (SSSR count). The molecule has 0 aliphatic heterocycles. The number of hydrogen-bond acceptors (Lipinski definition) is 3. The summed E-state index contributed by atoms with van der Waals surface area (Å²) in [5.41, 5.74) is 0.522. The lowest BCUT2D eigenvalue weighted by atomic mass is 9.57. The van der Waals surface area contributed by atoms with E-state index in [1.807, 2.05) is 0 Å². The van der Waals surface area contributed by atoms with E-state index in [0.29, 0.717) is 0 Å². The molecule has 0 saturated heterocycles. The molecule has 212 valence electrons. The van der Waals surface area contributed by atoms with Gasteiger partial charge in [-0.25, -0.2) is 0 Å². The molecule has 0 aromatic carbocycles. The van der Waals surface area contributed by atoms with Gasteiger partial charge in [0.15, 0.2) is 0 Å². The van der Waals surface area contributed by atoms with Gasteiger partial charge in [-0.05, 0) is 49.4 Å². The van der Waals surface area contributed by atoms with E-state index in [0.717, 1.165) is 83.5 Å². The Labute approximate surface area is 220 Å². The van der Waals surface area contributed by atoms with E-state index in [9.17, 15) is 14.4 Å². The zero-order chi connectivity index (χ0) is 27.3. The number of hydrogen-bond donors (Lipinski definition) is 3. The Balaban J connectivity index is 4.89. The molecule has 0 unspecified atom stereocenters. The molecule has 0 atom stereocenters. The molecule has 3 N–H and O–H groups in total. The number of aliphatic carboxylic acids is 3. The van der Waals surface area contributed by atoms with Gasteiger partial charge < -0.3 is 15.3 Å². The van der Waals surface area contributed by atoms with Gasteiger partial charge in [0.05, 0.1) is 0 Å². The van der Waals surface area contributed by atoms with Crippen LogP contribution in [0.1, 0.15) is 162 Å². The largest absolute Gasteiger partial charge is 0.481 e. The van der Waals surface area contributed by atoms with Crippen molar-refractivity contribution in [1.29, 1.82) is 0 Å². The molecule has 0 aromatic rings. The average molecular weight is 513 g/mol. The second kappa shape index (κ2) is 20.5. The van der Waals surface area contributed by atoms with Crippen molar-refractivity contribution in [2.45, 2.75) is 162 Å². The van der Waals surface area contributed by atoms with Crippen molar-refractivity contribution < 1.29 is 29.7 Å². The monoisotopic (exact) mass is 512 g/mol. The first-order valence-electron chi connectivity index (χ1n) is 14.7. The van der Waals surface area contributed by atoms with E-state index < -0.39 is 17.9 Å². The van der Waals surface area contributed by atoms with Gasteiger partial charge >= 0.3 is 17.9 Å². The van der Waals surface area contributed by atoms with Crippen LogP contribution in [0.3, 0.4) is 0 Å². The van der Waals surface area contributed by atoms with Crippen LogP contribution in [0.4, 0.5) is 0 Å². The third-order valence-electron chi connectivity index (χ3n) is 8.46. The molecule has 0 amide bonds. The maximum Gasteiger partial charge on any atom is 0.303 e. The quantitative estimate of drug-likeness (QED) is 0.0998. The van der Waals surface area contributed by atoms with E-state index in [4.69, 9.17) is 15.3 Å². The van der Waals surface area contributed by atoms with Crippen molar-refractivity contribution in [2.24, 2.45) is 10.8 Å². The summed E-state index contributed by atoms with van der Waals surface area (Å²) in [5.74, 6) is -2.11. The fourth-order valence-electron chi connectivity index (χ4n) is 5.57. The van der Waals surface area contributed by atoms with Crippen LogP contribution in [-0.4, -0.2) is 33.2 Å². The van der Waals surface area contributed by atoms with E-state index >= 15 is 0 Å². The normalized spacial score (nSPS) is 12.1. The molecular formula is C30H56O6. The Morgan fingerprint density at radius 1 is 0.472 bits per heavy atom. The molecular weight excluding hydrogens is 456 g/mol. The van der Waals surface area contributed by atoms with Crippen molar-refractivity contribution in [3.63, 3.8) is 0 Å². The molecule has 0 fully saturated rings. The van der Waals surface area contributed by atoms with Crippen molar-refractivity contribution >= 4 is 17.9 Å². The highest BCUT2D eigenvalue weighted by Gasteiger charge is 2.41. The molecule has 0 saturated carbocycles. The minimum absolute atomic E-state index is 0.239. The number of carbonyl (C=O) groups is 3. The van der Waals surface area contributed by atoms with E-state index in [-0.39, 0.29) is 30.1 Å². The molecule has 0 heterocycles. The highest BCUT2D eigenvalue weighted by Crippen LogP contribution is 2.52. The van der Waals surface area contributed by atoms with Crippen LogP contribution < -0.4 is 0 Å². The molecule has 0 aliphatic carbocycles. The summed E-state index contributed by atoms with van der Waals surface area (Å²) in [6, 6.07) is 0. The Morgan fingerprint density at radius 3 is 0.972 bits per heavy atom. The zero-order valence-corrected chi connectivity index (χ0v) is 23.6. The third-order valence-corrected chi connectivity index (χ3v) is 8.46.